The van der Waals surface area contributed by atoms with E-state index in [0.29, 0.717) is 0 Å². The SMILES string of the molecule is C=C.CC1OC(C)C(C)OC1C. The van der Waals surface area contributed by atoms with Gasteiger partial charge in [-0.3, -0.25) is 0 Å². The number of hydrogen-bond donors (Lipinski definition) is 0. The van der Waals surface area contributed by atoms with Gasteiger partial charge in [0.15, 0.2) is 0 Å². The summed E-state index contributed by atoms with van der Waals surface area (Å²) in [4.78, 5) is 0. The van der Waals surface area contributed by atoms with Gasteiger partial charge in [-0.15, -0.1) is 13.2 Å². The lowest BCUT2D eigenvalue weighted by atomic mass is 10.1. The van der Waals surface area contributed by atoms with E-state index in [2.05, 4.69) is 13.2 Å². The van der Waals surface area contributed by atoms with E-state index in [4.69, 9.17) is 9.47 Å². The summed E-state index contributed by atoms with van der Waals surface area (Å²) in [5.41, 5.74) is 0. The van der Waals surface area contributed by atoms with Crippen LogP contribution in [-0.2, 0) is 9.47 Å². The first kappa shape index (κ1) is 11.7. The Labute approximate surface area is 75.6 Å². The second-order valence-corrected chi connectivity index (χ2v) is 3.09. The van der Waals surface area contributed by atoms with Gasteiger partial charge in [-0.2, -0.15) is 0 Å². The molecule has 0 saturated carbocycles. The molecule has 12 heavy (non-hydrogen) atoms. The highest BCUT2D eigenvalue weighted by Gasteiger charge is 2.28. The second-order valence-electron chi connectivity index (χ2n) is 3.09. The molecule has 1 saturated heterocycles. The maximum absolute atomic E-state index is 5.59. The van der Waals surface area contributed by atoms with Crippen LogP contribution in [0.25, 0.3) is 0 Å². The van der Waals surface area contributed by atoms with Crippen molar-refractivity contribution in [1.29, 1.82) is 0 Å². The Kier molecular flexibility index (Phi) is 5.18. The maximum Gasteiger partial charge on any atom is 0.0811 e. The molecule has 0 aliphatic carbocycles. The van der Waals surface area contributed by atoms with Gasteiger partial charge in [-0.25, -0.2) is 0 Å². The van der Waals surface area contributed by atoms with E-state index < -0.39 is 0 Å². The fraction of sp³-hybridized carbons (Fsp3) is 0.800. The molecule has 72 valence electrons. The highest BCUT2D eigenvalue weighted by molar-refractivity contribution is 4.73. The molecule has 4 unspecified atom stereocenters. The molecule has 2 nitrogen and oxygen atoms in total. The smallest absolute Gasteiger partial charge is 0.0811 e. The topological polar surface area (TPSA) is 18.5 Å². The Bertz CT molecular complexity index is 99.0. The van der Waals surface area contributed by atoms with Gasteiger partial charge in [-0.05, 0) is 27.7 Å². The summed E-state index contributed by atoms with van der Waals surface area (Å²) < 4.78 is 11.2. The first-order valence-corrected chi connectivity index (χ1v) is 4.42. The lowest BCUT2D eigenvalue weighted by Gasteiger charge is -2.36. The van der Waals surface area contributed by atoms with Crippen LogP contribution in [0.4, 0.5) is 0 Å². The Morgan fingerprint density at radius 2 is 0.833 bits per heavy atom. The van der Waals surface area contributed by atoms with Crippen LogP contribution in [0.5, 0.6) is 0 Å². The van der Waals surface area contributed by atoms with Crippen LogP contribution < -0.4 is 0 Å². The van der Waals surface area contributed by atoms with Gasteiger partial charge in [0.2, 0.25) is 0 Å². The Hall–Kier alpha value is -0.340. The van der Waals surface area contributed by atoms with Gasteiger partial charge in [0.05, 0.1) is 24.4 Å². The maximum atomic E-state index is 5.59. The monoisotopic (exact) mass is 172 g/mol. The minimum absolute atomic E-state index is 0.242. The van der Waals surface area contributed by atoms with Crippen molar-refractivity contribution in [1.82, 2.24) is 0 Å². The van der Waals surface area contributed by atoms with Crippen molar-refractivity contribution in [3.05, 3.63) is 13.2 Å². The van der Waals surface area contributed by atoms with Crippen molar-refractivity contribution in [2.45, 2.75) is 52.1 Å². The van der Waals surface area contributed by atoms with Gasteiger partial charge in [0.1, 0.15) is 0 Å². The number of ether oxygens (including phenoxy) is 2. The van der Waals surface area contributed by atoms with Gasteiger partial charge in [0.25, 0.3) is 0 Å². The van der Waals surface area contributed by atoms with E-state index in [0.717, 1.165) is 0 Å². The fourth-order valence-corrected chi connectivity index (χ4v) is 1.12. The average Bonchev–Trinajstić information content (AvgIpc) is 2.05. The van der Waals surface area contributed by atoms with Crippen LogP contribution in [0.15, 0.2) is 13.2 Å². The molecular weight excluding hydrogens is 152 g/mol. The molecule has 0 radical (unpaired) electrons. The van der Waals surface area contributed by atoms with Crippen LogP contribution in [0, 0.1) is 0 Å². The lowest BCUT2D eigenvalue weighted by Crippen LogP contribution is -2.44. The lowest BCUT2D eigenvalue weighted by molar-refractivity contribution is -0.197. The van der Waals surface area contributed by atoms with Crippen molar-refractivity contribution in [3.63, 3.8) is 0 Å². The summed E-state index contributed by atoms with van der Waals surface area (Å²) in [6.07, 6.45) is 0.967. The van der Waals surface area contributed by atoms with Crippen LogP contribution in [-0.4, -0.2) is 24.4 Å². The first-order chi connectivity index (χ1) is 5.61. The summed E-state index contributed by atoms with van der Waals surface area (Å²) in [5, 5.41) is 0. The van der Waals surface area contributed by atoms with Gasteiger partial charge in [-0.1, -0.05) is 0 Å². The van der Waals surface area contributed by atoms with E-state index in [1.54, 1.807) is 0 Å². The molecule has 1 aliphatic heterocycles. The van der Waals surface area contributed by atoms with Crippen molar-refractivity contribution >= 4 is 0 Å². The van der Waals surface area contributed by atoms with Crippen LogP contribution in [0.2, 0.25) is 0 Å². The normalized spacial score (nSPS) is 41.3. The molecule has 0 spiro atoms. The third-order valence-electron chi connectivity index (χ3n) is 2.18. The zero-order chi connectivity index (χ0) is 9.72. The zero-order valence-corrected chi connectivity index (χ0v) is 8.54. The summed E-state index contributed by atoms with van der Waals surface area (Å²) in [5.74, 6) is 0. The predicted octanol–water partition coefficient (Wildman–Crippen LogP) is 2.39. The molecular formula is C10H20O2. The second kappa shape index (κ2) is 5.33. The third-order valence-corrected chi connectivity index (χ3v) is 2.18. The molecule has 1 rings (SSSR count). The van der Waals surface area contributed by atoms with Crippen molar-refractivity contribution in [2.24, 2.45) is 0 Å². The standard InChI is InChI=1S/C8H16O2.C2H4/c1-5-6(2)10-8(4)7(3)9-5;1-2/h5-8H,1-4H3;1-2H2. The van der Waals surface area contributed by atoms with Crippen LogP contribution in [0.1, 0.15) is 27.7 Å². The number of rotatable bonds is 0. The molecule has 0 bridgehead atoms. The Morgan fingerprint density at radius 1 is 0.667 bits per heavy atom. The molecule has 0 amide bonds. The Morgan fingerprint density at radius 3 is 1.00 bits per heavy atom. The van der Waals surface area contributed by atoms with E-state index in [9.17, 15) is 0 Å². The Balaban J connectivity index is 0.000000561. The molecule has 0 N–H and O–H groups in total. The summed E-state index contributed by atoms with van der Waals surface area (Å²) >= 11 is 0. The average molecular weight is 172 g/mol. The molecule has 2 heteroatoms. The van der Waals surface area contributed by atoms with E-state index in [1.165, 1.54) is 0 Å². The molecule has 1 heterocycles. The minimum atomic E-state index is 0.242. The first-order valence-electron chi connectivity index (χ1n) is 4.42. The largest absolute Gasteiger partial charge is 0.370 e. The van der Waals surface area contributed by atoms with Crippen LogP contribution in [0.3, 0.4) is 0 Å². The highest BCUT2D eigenvalue weighted by atomic mass is 16.6. The van der Waals surface area contributed by atoms with Crippen LogP contribution >= 0.6 is 0 Å². The zero-order valence-electron chi connectivity index (χ0n) is 8.54. The van der Waals surface area contributed by atoms with E-state index >= 15 is 0 Å². The fourth-order valence-electron chi connectivity index (χ4n) is 1.12. The van der Waals surface area contributed by atoms with Crippen molar-refractivity contribution in [3.8, 4) is 0 Å². The number of hydrogen-bond acceptors (Lipinski definition) is 2. The summed E-state index contributed by atoms with van der Waals surface area (Å²) in [7, 11) is 0. The molecule has 0 aromatic rings. The third kappa shape index (κ3) is 2.95. The minimum Gasteiger partial charge on any atom is -0.370 e. The quantitative estimate of drug-likeness (QED) is 0.522. The molecule has 0 aromatic heterocycles. The highest BCUT2D eigenvalue weighted by Crippen LogP contribution is 2.18. The van der Waals surface area contributed by atoms with Crippen molar-refractivity contribution in [2.75, 3.05) is 0 Å². The summed E-state index contributed by atoms with van der Waals surface area (Å²) in [6, 6.07) is 0. The molecule has 1 aliphatic rings. The van der Waals surface area contributed by atoms with Gasteiger partial charge in [0, 0.05) is 0 Å². The molecule has 1 fully saturated rings. The van der Waals surface area contributed by atoms with Crippen molar-refractivity contribution < 1.29 is 9.47 Å². The van der Waals surface area contributed by atoms with Gasteiger partial charge >= 0.3 is 0 Å². The van der Waals surface area contributed by atoms with E-state index in [1.807, 2.05) is 27.7 Å². The van der Waals surface area contributed by atoms with E-state index in [-0.39, 0.29) is 24.4 Å². The van der Waals surface area contributed by atoms with Gasteiger partial charge < -0.3 is 9.47 Å². The molecule has 4 atom stereocenters. The predicted molar refractivity (Wildman–Crippen MR) is 51.3 cm³/mol. The summed E-state index contributed by atoms with van der Waals surface area (Å²) in [6.45, 7) is 14.2. The molecule has 0 aromatic carbocycles.